The molecule has 0 unspecified atom stereocenters. The molecule has 0 aliphatic heterocycles. The summed E-state index contributed by atoms with van der Waals surface area (Å²) in [5.41, 5.74) is 2.43. The number of thioether (sulfide) groups is 1. The molecule has 0 bridgehead atoms. The van der Waals surface area contributed by atoms with Crippen molar-refractivity contribution in [1.82, 2.24) is 4.57 Å². The van der Waals surface area contributed by atoms with Gasteiger partial charge < -0.3 is 9.30 Å². The number of esters is 1. The number of nitrogens with zero attached hydrogens (tertiary/aromatic N) is 1. The Morgan fingerprint density at radius 1 is 1.42 bits per heavy atom. The molecule has 0 radical (unpaired) electrons. The van der Waals surface area contributed by atoms with Gasteiger partial charge in [0.2, 0.25) is 0 Å². The van der Waals surface area contributed by atoms with Crippen molar-refractivity contribution in [1.29, 1.82) is 0 Å². The number of hydrogen-bond acceptors (Lipinski definition) is 4. The van der Waals surface area contributed by atoms with Crippen LogP contribution in [0.15, 0.2) is 6.07 Å². The molecule has 0 aromatic carbocycles. The lowest BCUT2D eigenvalue weighted by atomic mass is 10.1. The number of methoxy groups -OCH3 is 1. The van der Waals surface area contributed by atoms with Crippen LogP contribution in [-0.2, 0) is 9.53 Å². The third-order valence-electron chi connectivity index (χ3n) is 3.24. The second kappa shape index (κ2) is 6.80. The number of carbonyl (C=O) groups excluding carboxylic acids is 2. The standard InChI is InChI=1S/C14H21NO3S/c1-9-8-12(11(3)16)10(2)15(9)13(6-7-19-5)14(17)18-4/h8,13H,6-7H2,1-5H3/t13-/m0/s1. The first-order chi connectivity index (χ1) is 8.93. The van der Waals surface area contributed by atoms with Crippen LogP contribution in [0, 0.1) is 13.8 Å². The zero-order chi connectivity index (χ0) is 14.6. The SMILES string of the molecule is COC(=O)[C@H](CCSC)n1c(C)cc(C(C)=O)c1C. The highest BCUT2D eigenvalue weighted by Gasteiger charge is 2.25. The van der Waals surface area contributed by atoms with Crippen LogP contribution >= 0.6 is 11.8 Å². The van der Waals surface area contributed by atoms with Gasteiger partial charge in [0.1, 0.15) is 6.04 Å². The first kappa shape index (κ1) is 15.8. The molecule has 1 atom stereocenters. The highest BCUT2D eigenvalue weighted by atomic mass is 32.2. The van der Waals surface area contributed by atoms with Crippen molar-refractivity contribution in [2.45, 2.75) is 33.2 Å². The van der Waals surface area contributed by atoms with Crippen LogP contribution < -0.4 is 0 Å². The Hall–Kier alpha value is -1.23. The molecule has 0 N–H and O–H groups in total. The number of Topliss-reactive ketones (excluding diaryl/α,β-unsaturated/α-hetero) is 1. The molecule has 1 rings (SSSR count). The van der Waals surface area contributed by atoms with Crippen LogP contribution in [0.25, 0.3) is 0 Å². The van der Waals surface area contributed by atoms with Gasteiger partial charge in [0, 0.05) is 17.0 Å². The lowest BCUT2D eigenvalue weighted by Gasteiger charge is -2.20. The summed E-state index contributed by atoms with van der Waals surface area (Å²) in [7, 11) is 1.40. The fraction of sp³-hybridized carbons (Fsp3) is 0.571. The molecule has 0 spiro atoms. The second-order valence-electron chi connectivity index (χ2n) is 4.53. The number of aromatic nitrogens is 1. The van der Waals surface area contributed by atoms with Gasteiger partial charge in [-0.15, -0.1) is 0 Å². The van der Waals surface area contributed by atoms with E-state index >= 15 is 0 Å². The van der Waals surface area contributed by atoms with Crippen molar-refractivity contribution in [2.75, 3.05) is 19.1 Å². The van der Waals surface area contributed by atoms with Crippen LogP contribution in [0.1, 0.15) is 41.1 Å². The lowest BCUT2D eigenvalue weighted by Crippen LogP contribution is -2.23. The quantitative estimate of drug-likeness (QED) is 0.595. The highest BCUT2D eigenvalue weighted by Crippen LogP contribution is 2.25. The third-order valence-corrected chi connectivity index (χ3v) is 3.89. The maximum atomic E-state index is 12.0. The van der Waals surface area contributed by atoms with Crippen molar-refractivity contribution in [3.05, 3.63) is 23.0 Å². The Balaban J connectivity index is 3.22. The molecule has 0 saturated heterocycles. The van der Waals surface area contributed by atoms with E-state index in [2.05, 4.69) is 0 Å². The Kier molecular flexibility index (Phi) is 5.66. The molecule has 1 heterocycles. The summed E-state index contributed by atoms with van der Waals surface area (Å²) in [5, 5.41) is 0. The van der Waals surface area contributed by atoms with Crippen molar-refractivity contribution < 1.29 is 14.3 Å². The predicted molar refractivity (Wildman–Crippen MR) is 78.0 cm³/mol. The summed E-state index contributed by atoms with van der Waals surface area (Å²) < 4.78 is 6.81. The minimum absolute atomic E-state index is 0.0211. The molecule has 4 nitrogen and oxygen atoms in total. The number of ketones is 1. The van der Waals surface area contributed by atoms with E-state index in [1.807, 2.05) is 30.7 Å². The maximum Gasteiger partial charge on any atom is 0.328 e. The van der Waals surface area contributed by atoms with Gasteiger partial charge >= 0.3 is 5.97 Å². The van der Waals surface area contributed by atoms with Gasteiger partial charge in [0.25, 0.3) is 0 Å². The minimum Gasteiger partial charge on any atom is -0.467 e. The third kappa shape index (κ3) is 3.41. The van der Waals surface area contributed by atoms with Gasteiger partial charge in [0.15, 0.2) is 5.78 Å². The second-order valence-corrected chi connectivity index (χ2v) is 5.52. The van der Waals surface area contributed by atoms with Crippen LogP contribution in [0.3, 0.4) is 0 Å². The Morgan fingerprint density at radius 3 is 2.47 bits per heavy atom. The van der Waals surface area contributed by atoms with E-state index in [9.17, 15) is 9.59 Å². The highest BCUT2D eigenvalue weighted by molar-refractivity contribution is 7.98. The van der Waals surface area contributed by atoms with Crippen LogP contribution in [0.2, 0.25) is 0 Å². The Bertz CT molecular complexity index is 479. The first-order valence-electron chi connectivity index (χ1n) is 6.20. The number of hydrogen-bond donors (Lipinski definition) is 0. The predicted octanol–water partition coefficient (Wildman–Crippen LogP) is 2.77. The van der Waals surface area contributed by atoms with E-state index in [0.29, 0.717) is 12.0 Å². The van der Waals surface area contributed by atoms with Crippen molar-refractivity contribution >= 4 is 23.5 Å². The van der Waals surface area contributed by atoms with E-state index in [1.54, 1.807) is 18.7 Å². The average Bonchev–Trinajstić information content (AvgIpc) is 2.66. The number of ether oxygens (including phenoxy) is 1. The molecule has 1 aromatic heterocycles. The summed E-state index contributed by atoms with van der Waals surface area (Å²) in [6, 6.07) is 1.48. The fourth-order valence-corrected chi connectivity index (χ4v) is 2.79. The Labute approximate surface area is 118 Å². The number of rotatable bonds is 6. The molecule has 106 valence electrons. The van der Waals surface area contributed by atoms with E-state index in [-0.39, 0.29) is 17.8 Å². The van der Waals surface area contributed by atoms with Gasteiger partial charge in [-0.2, -0.15) is 11.8 Å². The van der Waals surface area contributed by atoms with E-state index in [0.717, 1.165) is 17.1 Å². The van der Waals surface area contributed by atoms with Crippen LogP contribution in [0.5, 0.6) is 0 Å². The van der Waals surface area contributed by atoms with Gasteiger partial charge in [-0.1, -0.05) is 0 Å². The molecule has 0 amide bonds. The maximum absolute atomic E-state index is 12.0. The van der Waals surface area contributed by atoms with E-state index in [4.69, 9.17) is 4.74 Å². The van der Waals surface area contributed by atoms with Crippen molar-refractivity contribution in [3.63, 3.8) is 0 Å². The fourth-order valence-electron chi connectivity index (χ4n) is 2.33. The summed E-state index contributed by atoms with van der Waals surface area (Å²) >= 11 is 1.69. The average molecular weight is 283 g/mol. The Morgan fingerprint density at radius 2 is 2.05 bits per heavy atom. The first-order valence-corrected chi connectivity index (χ1v) is 7.59. The molecule has 5 heteroatoms. The monoisotopic (exact) mass is 283 g/mol. The summed E-state index contributed by atoms with van der Waals surface area (Å²) in [6.07, 6.45) is 2.70. The molecule has 19 heavy (non-hydrogen) atoms. The molecular weight excluding hydrogens is 262 g/mol. The topological polar surface area (TPSA) is 48.3 Å². The van der Waals surface area contributed by atoms with Crippen LogP contribution in [0.4, 0.5) is 0 Å². The van der Waals surface area contributed by atoms with Crippen molar-refractivity contribution in [2.24, 2.45) is 0 Å². The van der Waals surface area contributed by atoms with Gasteiger partial charge in [-0.25, -0.2) is 4.79 Å². The van der Waals surface area contributed by atoms with Gasteiger partial charge in [-0.3, -0.25) is 4.79 Å². The number of carbonyl (C=O) groups is 2. The van der Waals surface area contributed by atoms with E-state index in [1.165, 1.54) is 7.11 Å². The molecular formula is C14H21NO3S. The summed E-state index contributed by atoms with van der Waals surface area (Å²) in [5.74, 6) is 0.630. The zero-order valence-corrected chi connectivity index (χ0v) is 13.0. The molecule has 0 aliphatic carbocycles. The largest absolute Gasteiger partial charge is 0.467 e. The van der Waals surface area contributed by atoms with Crippen molar-refractivity contribution in [3.8, 4) is 0 Å². The number of aryl methyl sites for hydroxylation is 1. The zero-order valence-electron chi connectivity index (χ0n) is 12.1. The lowest BCUT2D eigenvalue weighted by molar-refractivity contribution is -0.144. The normalized spacial score (nSPS) is 12.3. The molecule has 0 fully saturated rings. The van der Waals surface area contributed by atoms with E-state index < -0.39 is 0 Å². The molecule has 0 saturated carbocycles. The minimum atomic E-state index is -0.356. The summed E-state index contributed by atoms with van der Waals surface area (Å²) in [4.78, 5) is 23.5. The van der Waals surface area contributed by atoms with Gasteiger partial charge in [0.05, 0.1) is 7.11 Å². The smallest absolute Gasteiger partial charge is 0.328 e. The van der Waals surface area contributed by atoms with Crippen LogP contribution in [-0.4, -0.2) is 35.4 Å². The molecule has 1 aromatic rings. The molecule has 0 aliphatic rings. The summed E-state index contributed by atoms with van der Waals surface area (Å²) in [6.45, 7) is 5.33. The van der Waals surface area contributed by atoms with Gasteiger partial charge in [-0.05, 0) is 45.3 Å².